The standard InChI is InChI=1S/C10H20.C10H14.CH4/c2*1-3-9-5-7-10(4-2)8-6-9;/h9-10H,3-8H2,1-2H3;5-8H,3-4H2,1-2H3;1H4. The molecule has 0 nitrogen and oxygen atoms in total. The largest absolute Gasteiger partial charge is 0.0776 e. The predicted molar refractivity (Wildman–Crippen MR) is 98.0 cm³/mol. The summed E-state index contributed by atoms with van der Waals surface area (Å²) in [5, 5.41) is 0. The minimum Gasteiger partial charge on any atom is -0.0776 e. The summed E-state index contributed by atoms with van der Waals surface area (Å²) in [5.41, 5.74) is 2.86. The smallest absolute Gasteiger partial charge is 0.0307 e. The SMILES string of the molecule is C.CCC1CCC(CC)CC1.CCc1ccc(CC)cc1. The topological polar surface area (TPSA) is 0 Å². The van der Waals surface area contributed by atoms with E-state index in [1.165, 1.54) is 49.7 Å². The second kappa shape index (κ2) is 11.8. The summed E-state index contributed by atoms with van der Waals surface area (Å²) in [6, 6.07) is 8.83. The van der Waals surface area contributed by atoms with Gasteiger partial charge in [-0.1, -0.05) is 97.9 Å². The van der Waals surface area contributed by atoms with Crippen LogP contribution in [0.5, 0.6) is 0 Å². The van der Waals surface area contributed by atoms with Crippen molar-refractivity contribution in [3.63, 3.8) is 0 Å². The van der Waals surface area contributed by atoms with Gasteiger partial charge >= 0.3 is 0 Å². The normalized spacial score (nSPS) is 21.0. The van der Waals surface area contributed by atoms with Crippen molar-refractivity contribution in [1.82, 2.24) is 0 Å². The van der Waals surface area contributed by atoms with Crippen LogP contribution in [-0.4, -0.2) is 0 Å². The predicted octanol–water partition coefficient (Wildman–Crippen LogP) is 7.06. The summed E-state index contributed by atoms with van der Waals surface area (Å²) in [6.45, 7) is 9.02. The number of rotatable bonds is 4. The van der Waals surface area contributed by atoms with Crippen LogP contribution in [0.15, 0.2) is 24.3 Å². The fourth-order valence-corrected chi connectivity index (χ4v) is 3.06. The van der Waals surface area contributed by atoms with Crippen LogP contribution in [0.3, 0.4) is 0 Å². The Balaban J connectivity index is 0.000000364. The van der Waals surface area contributed by atoms with Gasteiger partial charge in [0.15, 0.2) is 0 Å². The molecule has 0 atom stereocenters. The second-order valence-corrected chi connectivity index (χ2v) is 6.23. The minimum absolute atomic E-state index is 0. The van der Waals surface area contributed by atoms with E-state index >= 15 is 0 Å². The Kier molecular flexibility index (Phi) is 11.4. The molecular weight excluding hydrogens is 252 g/mol. The van der Waals surface area contributed by atoms with Crippen LogP contribution in [0.25, 0.3) is 0 Å². The van der Waals surface area contributed by atoms with E-state index in [0.29, 0.717) is 0 Å². The molecule has 2 rings (SSSR count). The summed E-state index contributed by atoms with van der Waals surface area (Å²) >= 11 is 0. The lowest BCUT2D eigenvalue weighted by Crippen LogP contribution is -2.12. The molecule has 0 aliphatic heterocycles. The van der Waals surface area contributed by atoms with Crippen molar-refractivity contribution in [3.8, 4) is 0 Å². The van der Waals surface area contributed by atoms with E-state index in [9.17, 15) is 0 Å². The first-order chi connectivity index (χ1) is 9.73. The molecule has 0 bridgehead atoms. The second-order valence-electron chi connectivity index (χ2n) is 6.23. The van der Waals surface area contributed by atoms with E-state index in [1.54, 1.807) is 0 Å². The summed E-state index contributed by atoms with van der Waals surface area (Å²) in [5.74, 6) is 2.14. The quantitative estimate of drug-likeness (QED) is 0.556. The highest BCUT2D eigenvalue weighted by Crippen LogP contribution is 2.31. The number of aryl methyl sites for hydroxylation is 2. The first-order valence-corrected chi connectivity index (χ1v) is 8.81. The first kappa shape index (κ1) is 20.2. The van der Waals surface area contributed by atoms with Crippen molar-refractivity contribution >= 4 is 0 Å². The van der Waals surface area contributed by atoms with Crippen LogP contribution in [0, 0.1) is 11.8 Å². The van der Waals surface area contributed by atoms with Crippen LogP contribution in [0.1, 0.15) is 84.8 Å². The fourth-order valence-electron chi connectivity index (χ4n) is 3.06. The molecule has 21 heavy (non-hydrogen) atoms. The average Bonchev–Trinajstić information content (AvgIpc) is 2.55. The van der Waals surface area contributed by atoms with Crippen molar-refractivity contribution in [1.29, 1.82) is 0 Å². The number of benzene rings is 1. The highest BCUT2D eigenvalue weighted by atomic mass is 14.2. The molecule has 1 aliphatic rings. The van der Waals surface area contributed by atoms with Crippen LogP contribution in [0.4, 0.5) is 0 Å². The van der Waals surface area contributed by atoms with Gasteiger partial charge in [-0.25, -0.2) is 0 Å². The van der Waals surface area contributed by atoms with Crippen molar-refractivity contribution in [2.45, 2.75) is 86.5 Å². The molecule has 1 aliphatic carbocycles. The van der Waals surface area contributed by atoms with E-state index in [4.69, 9.17) is 0 Å². The summed E-state index contributed by atoms with van der Waals surface area (Å²) in [6.07, 6.45) is 11.1. The van der Waals surface area contributed by atoms with Gasteiger partial charge in [-0.2, -0.15) is 0 Å². The van der Waals surface area contributed by atoms with Gasteiger partial charge in [-0.15, -0.1) is 0 Å². The maximum absolute atomic E-state index is 2.33. The van der Waals surface area contributed by atoms with Crippen molar-refractivity contribution in [3.05, 3.63) is 35.4 Å². The molecule has 0 N–H and O–H groups in total. The van der Waals surface area contributed by atoms with E-state index in [2.05, 4.69) is 52.0 Å². The molecule has 0 spiro atoms. The third kappa shape index (κ3) is 7.69. The van der Waals surface area contributed by atoms with Gasteiger partial charge in [0.05, 0.1) is 0 Å². The lowest BCUT2D eigenvalue weighted by atomic mass is 9.80. The number of hydrogen-bond acceptors (Lipinski definition) is 0. The fraction of sp³-hybridized carbons (Fsp3) is 0.714. The molecule has 122 valence electrons. The van der Waals surface area contributed by atoms with E-state index in [1.807, 2.05) is 0 Å². The van der Waals surface area contributed by atoms with E-state index < -0.39 is 0 Å². The van der Waals surface area contributed by atoms with Crippen molar-refractivity contribution in [2.24, 2.45) is 11.8 Å². The Labute approximate surface area is 134 Å². The summed E-state index contributed by atoms with van der Waals surface area (Å²) in [7, 11) is 0. The highest BCUT2D eigenvalue weighted by molar-refractivity contribution is 5.22. The van der Waals surface area contributed by atoms with Crippen molar-refractivity contribution in [2.75, 3.05) is 0 Å². The zero-order valence-corrected chi connectivity index (χ0v) is 14.1. The maximum atomic E-state index is 2.33. The Morgan fingerprint density at radius 3 is 1.14 bits per heavy atom. The van der Waals surface area contributed by atoms with Gasteiger partial charge < -0.3 is 0 Å². The first-order valence-electron chi connectivity index (χ1n) is 8.81. The molecular formula is C21H38. The summed E-state index contributed by atoms with van der Waals surface area (Å²) in [4.78, 5) is 0. The third-order valence-electron chi connectivity index (χ3n) is 4.96. The molecule has 1 aromatic carbocycles. The molecule has 0 unspecified atom stereocenters. The molecule has 1 aromatic rings. The molecule has 0 radical (unpaired) electrons. The van der Waals surface area contributed by atoms with Crippen LogP contribution < -0.4 is 0 Å². The Hall–Kier alpha value is -0.780. The minimum atomic E-state index is 0. The number of hydrogen-bond donors (Lipinski definition) is 0. The zero-order valence-electron chi connectivity index (χ0n) is 14.1. The molecule has 0 amide bonds. The Bertz CT molecular complexity index is 293. The third-order valence-corrected chi connectivity index (χ3v) is 4.96. The molecule has 0 saturated heterocycles. The summed E-state index contributed by atoms with van der Waals surface area (Å²) < 4.78 is 0. The van der Waals surface area contributed by atoms with E-state index in [-0.39, 0.29) is 7.43 Å². The lowest BCUT2D eigenvalue weighted by molar-refractivity contribution is 0.264. The van der Waals surface area contributed by atoms with Gasteiger partial charge in [0.2, 0.25) is 0 Å². The monoisotopic (exact) mass is 290 g/mol. The van der Waals surface area contributed by atoms with Gasteiger partial charge in [0.25, 0.3) is 0 Å². The molecule has 0 heteroatoms. The van der Waals surface area contributed by atoms with Crippen LogP contribution in [-0.2, 0) is 12.8 Å². The van der Waals surface area contributed by atoms with Gasteiger partial charge in [-0.3, -0.25) is 0 Å². The van der Waals surface area contributed by atoms with Gasteiger partial charge in [-0.05, 0) is 35.8 Å². The maximum Gasteiger partial charge on any atom is -0.0307 e. The average molecular weight is 291 g/mol. The van der Waals surface area contributed by atoms with Gasteiger partial charge in [0.1, 0.15) is 0 Å². The molecule has 0 heterocycles. The highest BCUT2D eigenvalue weighted by Gasteiger charge is 2.17. The Morgan fingerprint density at radius 1 is 0.667 bits per heavy atom. The van der Waals surface area contributed by atoms with Crippen LogP contribution in [0.2, 0.25) is 0 Å². The molecule has 1 saturated carbocycles. The van der Waals surface area contributed by atoms with Crippen molar-refractivity contribution < 1.29 is 0 Å². The molecule has 1 fully saturated rings. The lowest BCUT2D eigenvalue weighted by Gasteiger charge is -2.26. The van der Waals surface area contributed by atoms with E-state index in [0.717, 1.165) is 24.7 Å². The Morgan fingerprint density at radius 2 is 0.952 bits per heavy atom. The van der Waals surface area contributed by atoms with Crippen LogP contribution >= 0.6 is 0 Å². The van der Waals surface area contributed by atoms with Gasteiger partial charge in [0, 0.05) is 0 Å². The zero-order chi connectivity index (χ0) is 14.8. The molecule has 0 aromatic heterocycles.